The highest BCUT2D eigenvalue weighted by molar-refractivity contribution is 5.75. The molecule has 0 aromatic carbocycles. The predicted octanol–water partition coefficient (Wildman–Crippen LogP) is 1.04. The number of aliphatic hydroxyl groups is 1. The van der Waals surface area contributed by atoms with Gasteiger partial charge in [0.15, 0.2) is 0 Å². The Balaban J connectivity index is 1.84. The Labute approximate surface area is 119 Å². The number of nitrogens with zero attached hydrogens (tertiary/aromatic N) is 1. The summed E-state index contributed by atoms with van der Waals surface area (Å²) in [7, 11) is 0. The van der Waals surface area contributed by atoms with Gasteiger partial charge >= 0.3 is 12.0 Å². The molecule has 2 aliphatic rings. The monoisotopic (exact) mass is 284 g/mol. The van der Waals surface area contributed by atoms with E-state index in [0.29, 0.717) is 19.5 Å². The first-order valence-corrected chi connectivity index (χ1v) is 7.51. The molecule has 6 nitrogen and oxygen atoms in total. The molecule has 6 heteroatoms. The third-order valence-electron chi connectivity index (χ3n) is 4.59. The molecule has 3 unspecified atom stereocenters. The summed E-state index contributed by atoms with van der Waals surface area (Å²) in [5.41, 5.74) is 0. The van der Waals surface area contributed by atoms with E-state index in [0.717, 1.165) is 32.1 Å². The van der Waals surface area contributed by atoms with Gasteiger partial charge in [0.05, 0.1) is 18.6 Å². The van der Waals surface area contributed by atoms with Gasteiger partial charge in [-0.3, -0.25) is 4.79 Å². The molecule has 3 atom stereocenters. The molecule has 0 spiro atoms. The molecule has 3 N–H and O–H groups in total. The van der Waals surface area contributed by atoms with Crippen LogP contribution >= 0.6 is 0 Å². The number of carboxylic acids is 1. The average molecular weight is 284 g/mol. The summed E-state index contributed by atoms with van der Waals surface area (Å²) in [5, 5.41) is 21.3. The highest BCUT2D eigenvalue weighted by atomic mass is 16.4. The molecular weight excluding hydrogens is 260 g/mol. The first-order chi connectivity index (χ1) is 9.63. The van der Waals surface area contributed by atoms with E-state index in [1.165, 1.54) is 0 Å². The quantitative estimate of drug-likeness (QED) is 0.719. The predicted molar refractivity (Wildman–Crippen MR) is 73.3 cm³/mol. The van der Waals surface area contributed by atoms with Crippen molar-refractivity contribution in [1.82, 2.24) is 10.2 Å². The summed E-state index contributed by atoms with van der Waals surface area (Å²) in [6.07, 6.45) is 5.32. The standard InChI is InChI=1S/C14H24N2O4/c17-9-11-5-3-7-16(11)14(20)15-8-10-4-1-2-6-12(10)13(18)19/h10-12,17H,1-9H2,(H,15,20)(H,18,19). The average Bonchev–Trinajstić information content (AvgIpc) is 2.93. The van der Waals surface area contributed by atoms with Crippen molar-refractivity contribution in [2.75, 3.05) is 19.7 Å². The number of nitrogens with one attached hydrogen (secondary N) is 1. The summed E-state index contributed by atoms with van der Waals surface area (Å²) in [6, 6.07) is -0.257. The topological polar surface area (TPSA) is 89.9 Å². The Bertz CT molecular complexity index is 361. The van der Waals surface area contributed by atoms with Gasteiger partial charge in [0.1, 0.15) is 0 Å². The molecule has 1 saturated heterocycles. The fourth-order valence-electron chi connectivity index (χ4n) is 3.39. The molecule has 2 amide bonds. The third kappa shape index (κ3) is 3.42. The van der Waals surface area contributed by atoms with E-state index in [-0.39, 0.29) is 30.5 Å². The lowest BCUT2D eigenvalue weighted by molar-refractivity contribution is -0.144. The number of hydrogen-bond donors (Lipinski definition) is 3. The van der Waals surface area contributed by atoms with Crippen LogP contribution in [0.2, 0.25) is 0 Å². The van der Waals surface area contributed by atoms with E-state index in [4.69, 9.17) is 0 Å². The fraction of sp³-hybridized carbons (Fsp3) is 0.857. The maximum atomic E-state index is 12.1. The number of carbonyl (C=O) groups is 2. The van der Waals surface area contributed by atoms with E-state index in [2.05, 4.69) is 5.32 Å². The van der Waals surface area contributed by atoms with E-state index in [1.54, 1.807) is 4.90 Å². The SMILES string of the molecule is O=C(O)C1CCCCC1CNC(=O)N1CCCC1CO. The van der Waals surface area contributed by atoms with Crippen LogP contribution in [0, 0.1) is 11.8 Å². The largest absolute Gasteiger partial charge is 0.481 e. The van der Waals surface area contributed by atoms with Gasteiger partial charge in [-0.25, -0.2) is 4.79 Å². The third-order valence-corrected chi connectivity index (χ3v) is 4.59. The van der Waals surface area contributed by atoms with Gasteiger partial charge in [0.25, 0.3) is 0 Å². The zero-order chi connectivity index (χ0) is 14.5. The van der Waals surface area contributed by atoms with Crippen LogP contribution < -0.4 is 5.32 Å². The Kier molecular flexibility index (Phi) is 5.23. The Morgan fingerprint density at radius 2 is 1.90 bits per heavy atom. The number of hydrogen-bond acceptors (Lipinski definition) is 3. The minimum Gasteiger partial charge on any atom is -0.481 e. The van der Waals surface area contributed by atoms with Crippen molar-refractivity contribution >= 4 is 12.0 Å². The molecule has 1 aliphatic carbocycles. The normalized spacial score (nSPS) is 30.2. The van der Waals surface area contributed by atoms with Crippen LogP contribution in [-0.4, -0.2) is 52.9 Å². The summed E-state index contributed by atoms with van der Waals surface area (Å²) in [6.45, 7) is 1.09. The molecule has 0 radical (unpaired) electrons. The lowest BCUT2D eigenvalue weighted by atomic mass is 9.79. The maximum Gasteiger partial charge on any atom is 0.317 e. The number of rotatable bonds is 4. The summed E-state index contributed by atoms with van der Waals surface area (Å²) >= 11 is 0. The van der Waals surface area contributed by atoms with E-state index < -0.39 is 5.97 Å². The molecule has 0 aromatic heterocycles. The van der Waals surface area contributed by atoms with Crippen LogP contribution in [0.1, 0.15) is 38.5 Å². The minimum absolute atomic E-state index is 0.00536. The number of carboxylic acid groups (broad SMARTS) is 1. The first kappa shape index (κ1) is 15.1. The highest BCUT2D eigenvalue weighted by Crippen LogP contribution is 2.29. The van der Waals surface area contributed by atoms with Crippen LogP contribution in [-0.2, 0) is 4.79 Å². The Morgan fingerprint density at radius 1 is 1.15 bits per heavy atom. The smallest absolute Gasteiger partial charge is 0.317 e. The molecule has 0 bridgehead atoms. The van der Waals surface area contributed by atoms with Gasteiger partial charge in [0, 0.05) is 13.1 Å². The number of aliphatic carboxylic acids is 1. The number of aliphatic hydroxyl groups excluding tert-OH is 1. The fourth-order valence-corrected chi connectivity index (χ4v) is 3.39. The van der Waals surface area contributed by atoms with Gasteiger partial charge in [-0.2, -0.15) is 0 Å². The summed E-state index contributed by atoms with van der Waals surface area (Å²) in [4.78, 5) is 25.0. The van der Waals surface area contributed by atoms with E-state index >= 15 is 0 Å². The first-order valence-electron chi connectivity index (χ1n) is 7.51. The molecule has 1 saturated carbocycles. The molecule has 1 heterocycles. The molecular formula is C14H24N2O4. The van der Waals surface area contributed by atoms with E-state index in [1.807, 2.05) is 0 Å². The lowest BCUT2D eigenvalue weighted by Gasteiger charge is -2.30. The van der Waals surface area contributed by atoms with Crippen molar-refractivity contribution in [1.29, 1.82) is 0 Å². The second-order valence-corrected chi connectivity index (χ2v) is 5.85. The zero-order valence-electron chi connectivity index (χ0n) is 11.8. The van der Waals surface area contributed by atoms with Gasteiger partial charge in [0.2, 0.25) is 0 Å². The van der Waals surface area contributed by atoms with Crippen molar-refractivity contribution < 1.29 is 19.8 Å². The lowest BCUT2D eigenvalue weighted by Crippen LogP contribution is -2.46. The molecule has 20 heavy (non-hydrogen) atoms. The van der Waals surface area contributed by atoms with Gasteiger partial charge in [-0.1, -0.05) is 12.8 Å². The zero-order valence-corrected chi connectivity index (χ0v) is 11.8. The molecule has 0 aromatic rings. The van der Waals surface area contributed by atoms with Crippen LogP contribution in [0.15, 0.2) is 0 Å². The Morgan fingerprint density at radius 3 is 2.60 bits per heavy atom. The van der Waals surface area contributed by atoms with Crippen LogP contribution in [0.3, 0.4) is 0 Å². The van der Waals surface area contributed by atoms with Crippen LogP contribution in [0.25, 0.3) is 0 Å². The van der Waals surface area contributed by atoms with Gasteiger partial charge in [-0.05, 0) is 31.6 Å². The number of likely N-dealkylation sites (tertiary alicyclic amines) is 1. The van der Waals surface area contributed by atoms with Crippen molar-refractivity contribution in [3.8, 4) is 0 Å². The number of carbonyl (C=O) groups excluding carboxylic acids is 1. The molecule has 2 rings (SSSR count). The van der Waals surface area contributed by atoms with Crippen molar-refractivity contribution in [2.45, 2.75) is 44.6 Å². The molecule has 2 fully saturated rings. The molecule has 1 aliphatic heterocycles. The van der Waals surface area contributed by atoms with Crippen molar-refractivity contribution in [2.24, 2.45) is 11.8 Å². The number of amides is 2. The van der Waals surface area contributed by atoms with Crippen molar-refractivity contribution in [3.05, 3.63) is 0 Å². The van der Waals surface area contributed by atoms with E-state index in [9.17, 15) is 19.8 Å². The maximum absolute atomic E-state index is 12.1. The highest BCUT2D eigenvalue weighted by Gasteiger charge is 2.32. The van der Waals surface area contributed by atoms with Gasteiger partial charge in [-0.15, -0.1) is 0 Å². The van der Waals surface area contributed by atoms with Gasteiger partial charge < -0.3 is 20.4 Å². The minimum atomic E-state index is -0.752. The summed E-state index contributed by atoms with van der Waals surface area (Å²) in [5.74, 6) is -1.06. The second-order valence-electron chi connectivity index (χ2n) is 5.85. The molecule has 114 valence electrons. The summed E-state index contributed by atoms with van der Waals surface area (Å²) < 4.78 is 0. The van der Waals surface area contributed by atoms with Crippen LogP contribution in [0.5, 0.6) is 0 Å². The van der Waals surface area contributed by atoms with Crippen molar-refractivity contribution in [3.63, 3.8) is 0 Å². The second kappa shape index (κ2) is 6.92. The Hall–Kier alpha value is -1.30. The number of urea groups is 1. The van der Waals surface area contributed by atoms with Crippen LogP contribution in [0.4, 0.5) is 4.79 Å².